The molecule has 2 atom stereocenters. The Hall–Kier alpha value is -5.38. The van der Waals surface area contributed by atoms with E-state index >= 15 is 0 Å². The van der Waals surface area contributed by atoms with Gasteiger partial charge in [0.25, 0.3) is 0 Å². The van der Waals surface area contributed by atoms with Gasteiger partial charge in [-0.25, -0.2) is 0 Å². The summed E-state index contributed by atoms with van der Waals surface area (Å²) in [5.74, 6) is -0.763. The van der Waals surface area contributed by atoms with E-state index < -0.39 is 12.2 Å². The van der Waals surface area contributed by atoms with Crippen molar-refractivity contribution in [3.63, 3.8) is 0 Å². The van der Waals surface area contributed by atoms with Gasteiger partial charge in [-0.15, -0.1) is 0 Å². The molecule has 0 saturated carbocycles. The van der Waals surface area contributed by atoms with Crippen LogP contribution in [0.2, 0.25) is 0 Å². The minimum absolute atomic E-state index is 0.0225. The van der Waals surface area contributed by atoms with Crippen LogP contribution in [0.3, 0.4) is 0 Å². The third-order valence-electron chi connectivity index (χ3n) is 7.49. The third-order valence-corrected chi connectivity index (χ3v) is 7.49. The average Bonchev–Trinajstić information content (AvgIpc) is 2.97. The summed E-state index contributed by atoms with van der Waals surface area (Å²) in [6.07, 6.45) is -1.65. The molecule has 10 nitrogen and oxygen atoms in total. The van der Waals surface area contributed by atoms with Crippen molar-refractivity contribution < 1.29 is 49.0 Å². The van der Waals surface area contributed by atoms with Crippen LogP contribution in [0.25, 0.3) is 11.1 Å². The van der Waals surface area contributed by atoms with E-state index in [9.17, 15) is 30.0 Å². The molecule has 0 aromatic heterocycles. The Morgan fingerprint density at radius 3 is 2.00 bits per heavy atom. The smallest absolute Gasteiger partial charge is 0.174 e. The Morgan fingerprint density at radius 2 is 1.31 bits per heavy atom. The number of carbonyl (C=O) groups excluding carboxylic acids is 2. The number of rotatable bonds is 5. The van der Waals surface area contributed by atoms with Gasteiger partial charge >= 0.3 is 0 Å². The van der Waals surface area contributed by atoms with Crippen LogP contribution in [0.5, 0.6) is 46.0 Å². The fourth-order valence-corrected chi connectivity index (χ4v) is 5.43. The van der Waals surface area contributed by atoms with Crippen LogP contribution in [-0.4, -0.2) is 46.2 Å². The van der Waals surface area contributed by atoms with E-state index in [0.717, 1.165) is 0 Å². The van der Waals surface area contributed by atoms with Crippen molar-refractivity contribution in [3.8, 4) is 57.1 Å². The van der Waals surface area contributed by atoms with E-state index in [1.165, 1.54) is 50.6 Å². The number of carbonyl (C=O) groups is 2. The Bertz CT molecular complexity index is 1740. The van der Waals surface area contributed by atoms with E-state index in [1.807, 2.05) is 0 Å². The number of phenols is 4. The van der Waals surface area contributed by atoms with Crippen LogP contribution < -0.4 is 18.9 Å². The highest BCUT2D eigenvalue weighted by Gasteiger charge is 2.36. The molecule has 2 heterocycles. The quantitative estimate of drug-likeness (QED) is 0.238. The molecule has 10 heteroatoms. The van der Waals surface area contributed by atoms with E-state index in [0.29, 0.717) is 16.9 Å². The molecule has 42 heavy (non-hydrogen) atoms. The Kier molecular flexibility index (Phi) is 6.53. The summed E-state index contributed by atoms with van der Waals surface area (Å²) in [7, 11) is 2.81. The van der Waals surface area contributed by atoms with Crippen molar-refractivity contribution in [1.82, 2.24) is 0 Å². The zero-order valence-electron chi connectivity index (χ0n) is 22.6. The van der Waals surface area contributed by atoms with Crippen LogP contribution in [0.1, 0.15) is 56.9 Å². The fourth-order valence-electron chi connectivity index (χ4n) is 5.43. The highest BCUT2D eigenvalue weighted by molar-refractivity contribution is 6.06. The lowest BCUT2D eigenvalue weighted by molar-refractivity contribution is 0.0834. The number of benzene rings is 4. The van der Waals surface area contributed by atoms with Gasteiger partial charge in [0.15, 0.2) is 11.6 Å². The second-order valence-corrected chi connectivity index (χ2v) is 10.0. The molecule has 4 aromatic carbocycles. The maximum Gasteiger partial charge on any atom is 0.174 e. The predicted molar refractivity (Wildman–Crippen MR) is 149 cm³/mol. The second-order valence-electron chi connectivity index (χ2n) is 10.0. The maximum atomic E-state index is 13.3. The minimum Gasteiger partial charge on any atom is -0.508 e. The Balaban J connectivity index is 1.46. The molecule has 2 aliphatic heterocycles. The molecule has 0 amide bonds. The molecule has 2 unspecified atom stereocenters. The van der Waals surface area contributed by atoms with Crippen molar-refractivity contribution in [2.75, 3.05) is 14.2 Å². The lowest BCUT2D eigenvalue weighted by atomic mass is 9.89. The molecule has 0 fully saturated rings. The van der Waals surface area contributed by atoms with Crippen LogP contribution in [-0.2, 0) is 0 Å². The maximum absolute atomic E-state index is 13.3. The summed E-state index contributed by atoms with van der Waals surface area (Å²) in [5.41, 5.74) is 1.60. The van der Waals surface area contributed by atoms with Gasteiger partial charge in [0.2, 0.25) is 0 Å². The highest BCUT2D eigenvalue weighted by Crippen LogP contribution is 2.52. The SMILES string of the molecule is COc1cc(O)c2c(c1)OC(c1ccc(O)c(-c3c(OC)cc(O)c4c3OC(c3ccc(O)cc3)CC4=O)c1)CC2=O. The summed E-state index contributed by atoms with van der Waals surface area (Å²) < 4.78 is 23.2. The van der Waals surface area contributed by atoms with Crippen LogP contribution >= 0.6 is 0 Å². The molecule has 6 rings (SSSR count). The number of methoxy groups -OCH3 is 2. The van der Waals surface area contributed by atoms with E-state index in [-0.39, 0.29) is 86.9 Å². The second kappa shape index (κ2) is 10.2. The van der Waals surface area contributed by atoms with Gasteiger partial charge in [0, 0.05) is 23.8 Å². The van der Waals surface area contributed by atoms with Crippen molar-refractivity contribution in [3.05, 3.63) is 82.9 Å². The van der Waals surface area contributed by atoms with Crippen molar-refractivity contribution in [1.29, 1.82) is 0 Å². The lowest BCUT2D eigenvalue weighted by Crippen LogP contribution is -2.22. The number of ketones is 2. The Labute approximate surface area is 239 Å². The molecule has 214 valence electrons. The number of ether oxygens (including phenoxy) is 4. The normalized spacial score (nSPS) is 17.5. The molecule has 0 radical (unpaired) electrons. The fraction of sp³-hybridized carbons (Fsp3) is 0.188. The van der Waals surface area contributed by atoms with Crippen LogP contribution in [0, 0.1) is 0 Å². The number of hydrogen-bond acceptors (Lipinski definition) is 10. The first-order chi connectivity index (χ1) is 20.2. The predicted octanol–water partition coefficient (Wildman–Crippen LogP) is 5.61. The van der Waals surface area contributed by atoms with E-state index in [1.54, 1.807) is 24.3 Å². The summed E-state index contributed by atoms with van der Waals surface area (Å²) in [6, 6.07) is 15.0. The van der Waals surface area contributed by atoms with Crippen molar-refractivity contribution in [2.24, 2.45) is 0 Å². The first-order valence-electron chi connectivity index (χ1n) is 13.0. The zero-order valence-corrected chi connectivity index (χ0v) is 22.6. The first kappa shape index (κ1) is 26.8. The van der Waals surface area contributed by atoms with E-state index in [2.05, 4.69) is 0 Å². The van der Waals surface area contributed by atoms with Crippen LogP contribution in [0.4, 0.5) is 0 Å². The molecule has 4 N–H and O–H groups in total. The van der Waals surface area contributed by atoms with Crippen molar-refractivity contribution in [2.45, 2.75) is 25.0 Å². The summed E-state index contributed by atoms with van der Waals surface area (Å²) in [6.45, 7) is 0. The molecular formula is C32H26O10. The molecule has 0 spiro atoms. The van der Waals surface area contributed by atoms with E-state index in [4.69, 9.17) is 18.9 Å². The van der Waals surface area contributed by atoms with Gasteiger partial charge in [0.1, 0.15) is 69.3 Å². The summed E-state index contributed by atoms with van der Waals surface area (Å²) in [4.78, 5) is 26.3. The first-order valence-corrected chi connectivity index (χ1v) is 13.0. The summed E-state index contributed by atoms with van der Waals surface area (Å²) >= 11 is 0. The number of phenolic OH excluding ortho intramolecular Hbond substituents is 4. The largest absolute Gasteiger partial charge is 0.508 e. The number of hydrogen-bond donors (Lipinski definition) is 4. The average molecular weight is 571 g/mol. The third kappa shape index (κ3) is 4.46. The van der Waals surface area contributed by atoms with Gasteiger partial charge in [-0.3, -0.25) is 9.59 Å². The zero-order chi connectivity index (χ0) is 29.7. The summed E-state index contributed by atoms with van der Waals surface area (Å²) in [5, 5.41) is 41.8. The number of fused-ring (bicyclic) bond motifs is 2. The van der Waals surface area contributed by atoms with Gasteiger partial charge in [-0.05, 0) is 35.4 Å². The van der Waals surface area contributed by atoms with Crippen molar-refractivity contribution >= 4 is 11.6 Å². The number of aromatic hydroxyl groups is 4. The van der Waals surface area contributed by atoms with Gasteiger partial charge in [-0.1, -0.05) is 18.2 Å². The van der Waals surface area contributed by atoms with Gasteiger partial charge in [-0.2, -0.15) is 0 Å². The highest BCUT2D eigenvalue weighted by atomic mass is 16.5. The standard InChI is InChI=1S/C32H26O10/c1-39-18-10-21(35)30-22(36)12-26(41-28(30)11-18)16-5-8-20(34)19(9-16)29-27(40-2)14-24(38)31-23(37)13-25(42-32(29)31)15-3-6-17(33)7-4-15/h3-11,14,25-26,33-35,38H,12-13H2,1-2H3. The molecular weight excluding hydrogens is 544 g/mol. The minimum atomic E-state index is -0.776. The van der Waals surface area contributed by atoms with Crippen LogP contribution in [0.15, 0.2) is 60.7 Å². The van der Waals surface area contributed by atoms with Gasteiger partial charge in [0.05, 0.1) is 32.6 Å². The molecule has 2 aliphatic rings. The molecule has 0 aliphatic carbocycles. The Morgan fingerprint density at radius 1 is 0.667 bits per heavy atom. The molecule has 4 aromatic rings. The number of Topliss-reactive ketones (excluding diaryl/α,β-unsaturated/α-hetero) is 2. The lowest BCUT2D eigenvalue weighted by Gasteiger charge is -2.30. The van der Waals surface area contributed by atoms with Gasteiger partial charge < -0.3 is 39.4 Å². The molecule has 0 bridgehead atoms. The monoisotopic (exact) mass is 570 g/mol. The molecule has 0 saturated heterocycles. The topological polar surface area (TPSA) is 152 Å².